The maximum absolute atomic E-state index is 12.3. The van der Waals surface area contributed by atoms with E-state index in [0.717, 1.165) is 32.4 Å². The zero-order chi connectivity index (χ0) is 15.7. The molecule has 1 heterocycles. The molecule has 7 heteroatoms. The van der Waals surface area contributed by atoms with Gasteiger partial charge in [0, 0.05) is 19.6 Å². The third-order valence-electron chi connectivity index (χ3n) is 3.32. The van der Waals surface area contributed by atoms with Crippen molar-refractivity contribution in [2.45, 2.75) is 39.0 Å². The zero-order valence-corrected chi connectivity index (χ0v) is 12.8. The molecule has 0 aromatic carbocycles. The van der Waals surface area contributed by atoms with Crippen LogP contribution < -0.4 is 0 Å². The van der Waals surface area contributed by atoms with Gasteiger partial charge in [0.2, 0.25) is 5.91 Å². The summed E-state index contributed by atoms with van der Waals surface area (Å²) in [5.41, 5.74) is 0. The maximum Gasteiger partial charge on any atom is 0.315 e. The van der Waals surface area contributed by atoms with Gasteiger partial charge in [-0.3, -0.25) is 19.4 Å². The van der Waals surface area contributed by atoms with Crippen LogP contribution in [0.25, 0.3) is 0 Å². The van der Waals surface area contributed by atoms with Crippen molar-refractivity contribution < 1.29 is 23.9 Å². The Labute approximate surface area is 125 Å². The average Bonchev–Trinajstić information content (AvgIpc) is 2.48. The monoisotopic (exact) mass is 300 g/mol. The maximum atomic E-state index is 12.3. The van der Waals surface area contributed by atoms with E-state index in [2.05, 4.69) is 4.74 Å². The molecule has 0 spiro atoms. The molecule has 1 amide bonds. The van der Waals surface area contributed by atoms with Gasteiger partial charge in [0.25, 0.3) is 0 Å². The lowest BCUT2D eigenvalue weighted by Gasteiger charge is -2.37. The van der Waals surface area contributed by atoms with Crippen LogP contribution >= 0.6 is 0 Å². The Bertz CT molecular complexity index is 366. The minimum absolute atomic E-state index is 0.113. The molecular formula is C14H24N2O5. The van der Waals surface area contributed by atoms with Crippen molar-refractivity contribution in [3.8, 4) is 0 Å². The molecule has 0 saturated carbocycles. The summed E-state index contributed by atoms with van der Waals surface area (Å²) in [6.07, 6.45) is 2.95. The van der Waals surface area contributed by atoms with Gasteiger partial charge in [-0.05, 0) is 19.8 Å². The number of hydrogen-bond acceptors (Lipinski definition) is 6. The number of esters is 2. The molecule has 0 aliphatic carbocycles. The van der Waals surface area contributed by atoms with Crippen LogP contribution in [0.1, 0.15) is 39.0 Å². The number of methoxy groups -OCH3 is 1. The molecule has 0 bridgehead atoms. The average molecular weight is 300 g/mol. The predicted octanol–water partition coefficient (Wildman–Crippen LogP) is 0.732. The van der Waals surface area contributed by atoms with Gasteiger partial charge in [-0.25, -0.2) is 5.01 Å². The van der Waals surface area contributed by atoms with Crippen molar-refractivity contribution in [2.75, 3.05) is 33.4 Å². The van der Waals surface area contributed by atoms with Crippen molar-refractivity contribution >= 4 is 17.8 Å². The number of piperidine rings is 1. The molecule has 1 fully saturated rings. The number of hydrogen-bond donors (Lipinski definition) is 0. The van der Waals surface area contributed by atoms with Crippen LogP contribution in [-0.2, 0) is 23.9 Å². The van der Waals surface area contributed by atoms with Crippen molar-refractivity contribution in [1.82, 2.24) is 10.0 Å². The first-order chi connectivity index (χ1) is 10.1. The smallest absolute Gasteiger partial charge is 0.315 e. The largest absolute Gasteiger partial charge is 0.469 e. The lowest BCUT2D eigenvalue weighted by Crippen LogP contribution is -2.50. The van der Waals surface area contributed by atoms with E-state index in [0.29, 0.717) is 0 Å². The molecule has 120 valence electrons. The third kappa shape index (κ3) is 6.12. The Balaban J connectivity index is 2.62. The van der Waals surface area contributed by atoms with Crippen LogP contribution in [0.15, 0.2) is 0 Å². The molecular weight excluding hydrogens is 276 g/mol. The van der Waals surface area contributed by atoms with E-state index in [-0.39, 0.29) is 37.9 Å². The summed E-state index contributed by atoms with van der Waals surface area (Å²) in [7, 11) is 1.31. The highest BCUT2D eigenvalue weighted by Gasteiger charge is 2.25. The lowest BCUT2D eigenvalue weighted by atomic mass is 10.1. The van der Waals surface area contributed by atoms with E-state index in [4.69, 9.17) is 4.74 Å². The highest BCUT2D eigenvalue weighted by molar-refractivity contribution is 5.94. The van der Waals surface area contributed by atoms with Crippen LogP contribution in [0.2, 0.25) is 0 Å². The molecule has 0 N–H and O–H groups in total. The fraction of sp³-hybridized carbons (Fsp3) is 0.786. The highest BCUT2D eigenvalue weighted by Crippen LogP contribution is 2.13. The molecule has 1 aliphatic rings. The van der Waals surface area contributed by atoms with E-state index >= 15 is 0 Å². The Morgan fingerprint density at radius 1 is 1.10 bits per heavy atom. The van der Waals surface area contributed by atoms with Crippen molar-refractivity contribution in [1.29, 1.82) is 0 Å². The van der Waals surface area contributed by atoms with Crippen molar-refractivity contribution in [3.63, 3.8) is 0 Å². The van der Waals surface area contributed by atoms with Crippen molar-refractivity contribution in [2.24, 2.45) is 0 Å². The second-order valence-electron chi connectivity index (χ2n) is 4.84. The molecule has 0 atom stereocenters. The van der Waals surface area contributed by atoms with Gasteiger partial charge in [0.1, 0.15) is 6.42 Å². The predicted molar refractivity (Wildman–Crippen MR) is 75.0 cm³/mol. The quantitative estimate of drug-likeness (QED) is 0.510. The van der Waals surface area contributed by atoms with Crippen LogP contribution in [0.3, 0.4) is 0 Å². The Morgan fingerprint density at radius 2 is 1.76 bits per heavy atom. The summed E-state index contributed by atoms with van der Waals surface area (Å²) in [5.74, 6) is -1.25. The number of carbonyl (C=O) groups excluding carboxylic acids is 3. The molecule has 1 rings (SSSR count). The summed E-state index contributed by atoms with van der Waals surface area (Å²) in [6.45, 7) is 3.69. The first kappa shape index (κ1) is 17.4. The number of hydrazine groups is 1. The molecule has 0 aromatic heterocycles. The number of carbonyl (C=O) groups is 3. The van der Waals surface area contributed by atoms with Gasteiger partial charge in [-0.2, -0.15) is 0 Å². The fourth-order valence-electron chi connectivity index (χ4n) is 2.27. The van der Waals surface area contributed by atoms with Crippen LogP contribution in [0.5, 0.6) is 0 Å². The number of nitrogens with zero attached hydrogens (tertiary/aromatic N) is 2. The van der Waals surface area contributed by atoms with Gasteiger partial charge >= 0.3 is 11.9 Å². The summed E-state index contributed by atoms with van der Waals surface area (Å²) >= 11 is 0. The second-order valence-corrected chi connectivity index (χ2v) is 4.84. The molecule has 0 radical (unpaired) electrons. The minimum atomic E-state index is -0.539. The van der Waals surface area contributed by atoms with E-state index in [1.54, 1.807) is 6.92 Å². The number of rotatable bonds is 7. The van der Waals surface area contributed by atoms with E-state index in [1.165, 1.54) is 12.1 Å². The van der Waals surface area contributed by atoms with Crippen molar-refractivity contribution in [3.05, 3.63) is 0 Å². The van der Waals surface area contributed by atoms with Gasteiger partial charge in [-0.1, -0.05) is 6.42 Å². The van der Waals surface area contributed by atoms with E-state index in [1.807, 2.05) is 5.01 Å². The highest BCUT2D eigenvalue weighted by atomic mass is 16.5. The Hall–Kier alpha value is -1.63. The Morgan fingerprint density at radius 3 is 2.33 bits per heavy atom. The fourth-order valence-corrected chi connectivity index (χ4v) is 2.27. The van der Waals surface area contributed by atoms with E-state index in [9.17, 15) is 14.4 Å². The second kappa shape index (κ2) is 9.33. The zero-order valence-electron chi connectivity index (χ0n) is 12.8. The lowest BCUT2D eigenvalue weighted by molar-refractivity contribution is -0.159. The summed E-state index contributed by atoms with van der Waals surface area (Å²) in [5, 5.41) is 3.40. The first-order valence-electron chi connectivity index (χ1n) is 7.36. The molecule has 7 nitrogen and oxygen atoms in total. The molecule has 1 saturated heterocycles. The molecule has 0 unspecified atom stereocenters. The summed E-state index contributed by atoms with van der Waals surface area (Å²) in [6, 6.07) is 0. The van der Waals surface area contributed by atoms with Gasteiger partial charge in [0.05, 0.1) is 20.1 Å². The van der Waals surface area contributed by atoms with Gasteiger partial charge in [-0.15, -0.1) is 0 Å². The molecule has 21 heavy (non-hydrogen) atoms. The molecule has 0 aromatic rings. The van der Waals surface area contributed by atoms with Crippen LogP contribution in [0, 0.1) is 0 Å². The topological polar surface area (TPSA) is 76.2 Å². The van der Waals surface area contributed by atoms with Gasteiger partial charge in [0.15, 0.2) is 0 Å². The molecule has 1 aliphatic heterocycles. The minimum Gasteiger partial charge on any atom is -0.469 e. The van der Waals surface area contributed by atoms with Gasteiger partial charge < -0.3 is 9.47 Å². The van der Waals surface area contributed by atoms with Crippen LogP contribution in [-0.4, -0.2) is 61.2 Å². The first-order valence-corrected chi connectivity index (χ1v) is 7.36. The van der Waals surface area contributed by atoms with E-state index < -0.39 is 5.97 Å². The number of amides is 1. The summed E-state index contributed by atoms with van der Waals surface area (Å²) < 4.78 is 9.40. The third-order valence-corrected chi connectivity index (χ3v) is 3.32. The standard InChI is InChI=1S/C14H24N2O5/c1-3-21-14(19)11-12(17)16(10-7-13(18)20-2)15-8-5-4-6-9-15/h3-11H2,1-2H3. The normalized spacial score (nSPS) is 15.3. The number of ether oxygens (including phenoxy) is 2. The Kier molecular flexibility index (Phi) is 7.74. The van der Waals surface area contributed by atoms with Crippen LogP contribution in [0.4, 0.5) is 0 Å². The summed E-state index contributed by atoms with van der Waals surface area (Å²) in [4.78, 5) is 35.0. The SMILES string of the molecule is CCOC(=O)CC(=O)N(CCC(=O)OC)N1CCCCC1.